The van der Waals surface area contributed by atoms with Crippen molar-refractivity contribution in [3.05, 3.63) is 0 Å². The van der Waals surface area contributed by atoms with Crippen molar-refractivity contribution < 1.29 is 8.42 Å². The Morgan fingerprint density at radius 2 is 2.00 bits per heavy atom. The van der Waals surface area contributed by atoms with Gasteiger partial charge in [-0.25, -0.2) is 8.42 Å². The van der Waals surface area contributed by atoms with Crippen LogP contribution in [0, 0.1) is 0 Å². The van der Waals surface area contributed by atoms with Crippen molar-refractivity contribution in [2.45, 2.75) is 49.9 Å². The maximum atomic E-state index is 11.6. The molecule has 0 radical (unpaired) electrons. The lowest BCUT2D eigenvalue weighted by molar-refractivity contribution is 0.349. The van der Waals surface area contributed by atoms with E-state index in [1.165, 1.54) is 6.26 Å². The Bertz CT molecular complexity index is 327. The van der Waals surface area contributed by atoms with Crippen molar-refractivity contribution in [2.75, 3.05) is 26.9 Å². The SMILES string of the molecule is CC(CCN(C)C)NC1CCCC1S(C)(=O)=O. The maximum Gasteiger partial charge on any atom is 0.151 e. The summed E-state index contributed by atoms with van der Waals surface area (Å²) in [6.07, 6.45) is 5.25. The van der Waals surface area contributed by atoms with Gasteiger partial charge in [-0.3, -0.25) is 0 Å². The molecule has 0 heterocycles. The average Bonchev–Trinajstić information content (AvgIpc) is 2.62. The van der Waals surface area contributed by atoms with Gasteiger partial charge in [0, 0.05) is 18.3 Å². The van der Waals surface area contributed by atoms with E-state index in [1.54, 1.807) is 0 Å². The van der Waals surface area contributed by atoms with E-state index in [9.17, 15) is 8.42 Å². The van der Waals surface area contributed by atoms with Crippen LogP contribution in [0.2, 0.25) is 0 Å². The zero-order chi connectivity index (χ0) is 13.1. The molecule has 1 N–H and O–H groups in total. The van der Waals surface area contributed by atoms with Gasteiger partial charge in [0.15, 0.2) is 9.84 Å². The molecule has 1 aliphatic rings. The van der Waals surface area contributed by atoms with Gasteiger partial charge in [0.1, 0.15) is 0 Å². The standard InChI is InChI=1S/C12H26N2O2S/c1-10(8-9-14(2)3)13-11-6-5-7-12(11)17(4,15)16/h10-13H,5-9H2,1-4H3. The molecule has 1 aliphatic carbocycles. The first kappa shape index (κ1) is 14.9. The van der Waals surface area contributed by atoms with E-state index in [0.29, 0.717) is 6.04 Å². The van der Waals surface area contributed by atoms with Crippen LogP contribution >= 0.6 is 0 Å². The summed E-state index contributed by atoms with van der Waals surface area (Å²) in [6.45, 7) is 3.17. The Hall–Kier alpha value is -0.130. The Morgan fingerprint density at radius 3 is 2.53 bits per heavy atom. The number of hydrogen-bond acceptors (Lipinski definition) is 4. The highest BCUT2D eigenvalue weighted by molar-refractivity contribution is 7.91. The smallest absolute Gasteiger partial charge is 0.151 e. The van der Waals surface area contributed by atoms with Gasteiger partial charge in [0.2, 0.25) is 0 Å². The first-order valence-electron chi connectivity index (χ1n) is 6.40. The molecule has 0 bridgehead atoms. The molecule has 17 heavy (non-hydrogen) atoms. The average molecular weight is 262 g/mol. The first-order chi connectivity index (χ1) is 7.80. The fourth-order valence-corrected chi connectivity index (χ4v) is 3.94. The monoisotopic (exact) mass is 262 g/mol. The highest BCUT2D eigenvalue weighted by Gasteiger charge is 2.34. The highest BCUT2D eigenvalue weighted by Crippen LogP contribution is 2.25. The van der Waals surface area contributed by atoms with Crippen molar-refractivity contribution in [3.8, 4) is 0 Å². The summed E-state index contributed by atoms with van der Waals surface area (Å²) in [5.74, 6) is 0. The zero-order valence-corrected chi connectivity index (χ0v) is 12.3. The maximum absolute atomic E-state index is 11.6. The summed E-state index contributed by atoms with van der Waals surface area (Å²) < 4.78 is 23.3. The summed E-state index contributed by atoms with van der Waals surface area (Å²) in [5, 5.41) is 3.31. The normalized spacial score (nSPS) is 27.6. The minimum atomic E-state index is -2.90. The Morgan fingerprint density at radius 1 is 1.35 bits per heavy atom. The van der Waals surface area contributed by atoms with Crippen molar-refractivity contribution in [2.24, 2.45) is 0 Å². The van der Waals surface area contributed by atoms with Gasteiger partial charge in [-0.2, -0.15) is 0 Å². The Labute approximate surface area is 106 Å². The summed E-state index contributed by atoms with van der Waals surface area (Å²) >= 11 is 0. The van der Waals surface area contributed by atoms with Gasteiger partial charge in [-0.1, -0.05) is 6.42 Å². The van der Waals surface area contributed by atoms with E-state index < -0.39 is 9.84 Å². The molecule has 3 atom stereocenters. The van der Waals surface area contributed by atoms with E-state index >= 15 is 0 Å². The number of nitrogens with one attached hydrogen (secondary N) is 1. The van der Waals surface area contributed by atoms with E-state index in [0.717, 1.165) is 32.2 Å². The molecule has 0 aromatic heterocycles. The predicted octanol–water partition coefficient (Wildman–Crippen LogP) is 0.882. The van der Waals surface area contributed by atoms with Crippen molar-refractivity contribution in [1.29, 1.82) is 0 Å². The minimum Gasteiger partial charge on any atom is -0.310 e. The van der Waals surface area contributed by atoms with Crippen LogP contribution in [0.3, 0.4) is 0 Å². The fourth-order valence-electron chi connectivity index (χ4n) is 2.53. The van der Waals surface area contributed by atoms with Crippen LogP contribution in [0.4, 0.5) is 0 Å². The van der Waals surface area contributed by atoms with Crippen molar-refractivity contribution >= 4 is 9.84 Å². The highest BCUT2D eigenvalue weighted by atomic mass is 32.2. The van der Waals surface area contributed by atoms with E-state index in [-0.39, 0.29) is 11.3 Å². The molecular formula is C12H26N2O2S. The number of nitrogens with zero attached hydrogens (tertiary/aromatic N) is 1. The van der Waals surface area contributed by atoms with Crippen LogP contribution in [-0.4, -0.2) is 57.5 Å². The predicted molar refractivity (Wildman–Crippen MR) is 72.0 cm³/mol. The second-order valence-corrected chi connectivity index (χ2v) is 7.83. The molecule has 1 rings (SSSR count). The molecule has 4 nitrogen and oxygen atoms in total. The van der Waals surface area contributed by atoms with Crippen LogP contribution in [0.15, 0.2) is 0 Å². The summed E-state index contributed by atoms with van der Waals surface area (Å²) in [5.41, 5.74) is 0. The molecule has 0 aromatic rings. The van der Waals surface area contributed by atoms with E-state index in [1.807, 2.05) is 0 Å². The lowest BCUT2D eigenvalue weighted by atomic mass is 10.1. The zero-order valence-electron chi connectivity index (χ0n) is 11.4. The number of hydrogen-bond donors (Lipinski definition) is 1. The third kappa shape index (κ3) is 4.94. The lowest BCUT2D eigenvalue weighted by Crippen LogP contribution is -2.44. The summed E-state index contributed by atoms with van der Waals surface area (Å²) in [6, 6.07) is 0.534. The van der Waals surface area contributed by atoms with E-state index in [4.69, 9.17) is 0 Å². The van der Waals surface area contributed by atoms with E-state index in [2.05, 4.69) is 31.2 Å². The van der Waals surface area contributed by atoms with Gasteiger partial charge in [-0.15, -0.1) is 0 Å². The second-order valence-electron chi connectivity index (χ2n) is 5.57. The van der Waals surface area contributed by atoms with Crippen LogP contribution in [0.25, 0.3) is 0 Å². The minimum absolute atomic E-state index is 0.155. The van der Waals surface area contributed by atoms with Gasteiger partial charge >= 0.3 is 0 Å². The molecule has 102 valence electrons. The number of rotatable bonds is 6. The fraction of sp³-hybridized carbons (Fsp3) is 1.00. The molecule has 0 saturated heterocycles. The second kappa shape index (κ2) is 6.16. The largest absolute Gasteiger partial charge is 0.310 e. The number of sulfone groups is 1. The van der Waals surface area contributed by atoms with Crippen molar-refractivity contribution in [1.82, 2.24) is 10.2 Å². The summed E-state index contributed by atoms with van der Waals surface area (Å²) in [4.78, 5) is 2.15. The third-order valence-corrected chi connectivity index (χ3v) is 5.17. The topological polar surface area (TPSA) is 49.4 Å². The molecule has 0 aromatic carbocycles. The molecule has 0 amide bonds. The van der Waals surface area contributed by atoms with Crippen LogP contribution in [0.1, 0.15) is 32.6 Å². The first-order valence-corrected chi connectivity index (χ1v) is 8.36. The van der Waals surface area contributed by atoms with Crippen LogP contribution in [0.5, 0.6) is 0 Å². The van der Waals surface area contributed by atoms with Gasteiger partial charge in [-0.05, 0) is 46.8 Å². The van der Waals surface area contributed by atoms with Gasteiger partial charge in [0.05, 0.1) is 5.25 Å². The quantitative estimate of drug-likeness (QED) is 0.772. The Kier molecular flexibility index (Phi) is 5.41. The lowest BCUT2D eigenvalue weighted by Gasteiger charge is -2.25. The molecule has 0 aliphatic heterocycles. The molecule has 1 saturated carbocycles. The molecule has 0 spiro atoms. The molecular weight excluding hydrogens is 236 g/mol. The Balaban J connectivity index is 2.45. The third-order valence-electron chi connectivity index (χ3n) is 3.51. The molecule has 5 heteroatoms. The van der Waals surface area contributed by atoms with Crippen LogP contribution in [-0.2, 0) is 9.84 Å². The molecule has 3 unspecified atom stereocenters. The van der Waals surface area contributed by atoms with Gasteiger partial charge in [0.25, 0.3) is 0 Å². The van der Waals surface area contributed by atoms with Crippen LogP contribution < -0.4 is 5.32 Å². The summed E-state index contributed by atoms with van der Waals surface area (Å²) in [7, 11) is 1.21. The molecule has 1 fully saturated rings. The van der Waals surface area contributed by atoms with Gasteiger partial charge < -0.3 is 10.2 Å². The van der Waals surface area contributed by atoms with Crippen molar-refractivity contribution in [3.63, 3.8) is 0 Å².